The Kier molecular flexibility index (Phi) is 3.49. The largest absolute Gasteiger partial charge is 0.383 e. The molecule has 10 heavy (non-hydrogen) atoms. The summed E-state index contributed by atoms with van der Waals surface area (Å²) in [5, 5.41) is 0.299. The van der Waals surface area contributed by atoms with Gasteiger partial charge in [-0.25, -0.2) is 9.97 Å². The van der Waals surface area contributed by atoms with Crippen molar-refractivity contribution in [3.8, 4) is 0 Å². The molecule has 0 aromatic carbocycles. The Labute approximate surface area is 74.3 Å². The Morgan fingerprint density at radius 1 is 1.20 bits per heavy atom. The van der Waals surface area contributed by atoms with Crippen molar-refractivity contribution in [1.82, 2.24) is 9.97 Å². The first-order chi connectivity index (χ1) is 4.18. The molecule has 4 nitrogen and oxygen atoms in total. The van der Waals surface area contributed by atoms with E-state index in [9.17, 15) is 0 Å². The summed E-state index contributed by atoms with van der Waals surface area (Å²) in [5.74, 6) is 0.681. The molecule has 59 valence electrons. The van der Waals surface area contributed by atoms with Crippen LogP contribution in [-0.2, 0) is 17.1 Å². The quantitative estimate of drug-likeness (QED) is 0.315. The van der Waals surface area contributed by atoms with E-state index in [0.29, 0.717) is 16.8 Å². The third-order valence-corrected chi connectivity index (χ3v) is 0.954. The van der Waals surface area contributed by atoms with E-state index in [1.807, 2.05) is 0 Å². The molecule has 0 aliphatic carbocycles. The normalized spacial score (nSPS) is 8.50. The second-order valence-corrected chi connectivity index (χ2v) is 1.92. The minimum absolute atomic E-state index is 0. The van der Waals surface area contributed by atoms with E-state index in [1.54, 1.807) is 0 Å². The van der Waals surface area contributed by atoms with Crippen LogP contribution in [0, 0.1) is 0 Å². The second-order valence-electron chi connectivity index (χ2n) is 1.52. The zero-order chi connectivity index (χ0) is 6.85. The van der Waals surface area contributed by atoms with Gasteiger partial charge in [0.25, 0.3) is 0 Å². The molecule has 1 rings (SSSR count). The Morgan fingerprint density at radius 2 is 1.60 bits per heavy atom. The van der Waals surface area contributed by atoms with Crippen LogP contribution in [0.1, 0.15) is 0 Å². The van der Waals surface area contributed by atoms with Crippen molar-refractivity contribution in [3.05, 3.63) is 6.07 Å². The molecule has 0 fully saturated rings. The number of nitrogen functional groups attached to an aromatic ring is 2. The summed E-state index contributed by atoms with van der Waals surface area (Å²) >= 11 is 3.84. The van der Waals surface area contributed by atoms with Crippen LogP contribution >= 0.6 is 12.6 Å². The molecule has 1 aromatic heterocycles. The van der Waals surface area contributed by atoms with Gasteiger partial charge in [0.1, 0.15) is 11.6 Å². The van der Waals surface area contributed by atoms with Crippen molar-refractivity contribution in [2.45, 2.75) is 5.16 Å². The van der Waals surface area contributed by atoms with Crippen LogP contribution in [0.2, 0.25) is 0 Å². The van der Waals surface area contributed by atoms with Gasteiger partial charge in [-0.3, -0.25) is 0 Å². The molecule has 0 spiro atoms. The first-order valence-electron chi connectivity index (χ1n) is 2.27. The van der Waals surface area contributed by atoms with Gasteiger partial charge in [0.05, 0.1) is 0 Å². The first kappa shape index (κ1) is 9.55. The van der Waals surface area contributed by atoms with Gasteiger partial charge >= 0.3 is 0 Å². The predicted molar refractivity (Wildman–Crippen MR) is 38.1 cm³/mol. The standard InChI is InChI=1S/C4H6N4S.Cu/c5-2-1-3(6)8-4(9)7-2;/h1H,(H5,5,6,7,8,9);. The Morgan fingerprint density at radius 3 is 1.90 bits per heavy atom. The van der Waals surface area contributed by atoms with Gasteiger partial charge in [-0.05, 0) is 0 Å². The van der Waals surface area contributed by atoms with E-state index >= 15 is 0 Å². The number of nitrogens with two attached hydrogens (primary N) is 2. The maximum absolute atomic E-state index is 5.28. The second kappa shape index (κ2) is 3.65. The van der Waals surface area contributed by atoms with Crippen LogP contribution in [0.15, 0.2) is 11.2 Å². The zero-order valence-corrected chi connectivity index (χ0v) is 6.71. The van der Waals surface area contributed by atoms with Crippen molar-refractivity contribution in [2.24, 2.45) is 0 Å². The number of aromatic nitrogens is 2. The van der Waals surface area contributed by atoms with E-state index < -0.39 is 0 Å². The monoisotopic (exact) mass is 205 g/mol. The number of anilines is 2. The molecular formula is C4H6CuN4S. The minimum Gasteiger partial charge on any atom is -0.383 e. The van der Waals surface area contributed by atoms with Crippen molar-refractivity contribution < 1.29 is 17.1 Å². The van der Waals surface area contributed by atoms with Crippen molar-refractivity contribution in [3.63, 3.8) is 0 Å². The van der Waals surface area contributed by atoms with Gasteiger partial charge < -0.3 is 11.5 Å². The number of rotatable bonds is 0. The number of thiol groups is 1. The molecule has 0 saturated heterocycles. The molecule has 0 aliphatic rings. The third-order valence-electron chi connectivity index (χ3n) is 0.754. The molecule has 4 N–H and O–H groups in total. The summed E-state index contributed by atoms with van der Waals surface area (Å²) in [6, 6.07) is 1.47. The molecule has 1 heterocycles. The molecule has 6 heteroatoms. The molecule has 1 radical (unpaired) electrons. The third kappa shape index (κ3) is 2.43. The molecule has 0 amide bonds. The van der Waals surface area contributed by atoms with Gasteiger partial charge in [0.15, 0.2) is 5.16 Å². The van der Waals surface area contributed by atoms with Gasteiger partial charge in [0, 0.05) is 23.1 Å². The topological polar surface area (TPSA) is 77.8 Å². The summed E-state index contributed by atoms with van der Waals surface area (Å²) in [6.45, 7) is 0. The SMILES string of the molecule is Nc1cc(N)nc(S)n1.[Cu]. The van der Waals surface area contributed by atoms with Crippen LogP contribution in [0.3, 0.4) is 0 Å². The number of nitrogens with zero attached hydrogens (tertiary/aromatic N) is 2. The fourth-order valence-corrected chi connectivity index (χ4v) is 0.703. The van der Waals surface area contributed by atoms with Gasteiger partial charge in [0.2, 0.25) is 0 Å². The average Bonchev–Trinajstić information content (AvgIpc) is 1.59. The Hall–Kier alpha value is -0.451. The van der Waals surface area contributed by atoms with Crippen LogP contribution in [0.4, 0.5) is 11.6 Å². The summed E-state index contributed by atoms with van der Waals surface area (Å²) in [6.07, 6.45) is 0. The van der Waals surface area contributed by atoms with E-state index in [4.69, 9.17) is 11.5 Å². The summed E-state index contributed by atoms with van der Waals surface area (Å²) in [7, 11) is 0. The minimum atomic E-state index is 0. The van der Waals surface area contributed by atoms with E-state index in [2.05, 4.69) is 22.6 Å². The summed E-state index contributed by atoms with van der Waals surface area (Å²) in [4.78, 5) is 7.37. The summed E-state index contributed by atoms with van der Waals surface area (Å²) < 4.78 is 0. The fraction of sp³-hybridized carbons (Fsp3) is 0. The van der Waals surface area contributed by atoms with Gasteiger partial charge in [-0.1, -0.05) is 0 Å². The maximum Gasteiger partial charge on any atom is 0.188 e. The molecule has 0 unspecified atom stereocenters. The smallest absolute Gasteiger partial charge is 0.188 e. The zero-order valence-electron chi connectivity index (χ0n) is 4.88. The molecular weight excluding hydrogens is 200 g/mol. The van der Waals surface area contributed by atoms with Crippen LogP contribution in [0.25, 0.3) is 0 Å². The van der Waals surface area contributed by atoms with E-state index in [0.717, 1.165) is 0 Å². The van der Waals surface area contributed by atoms with Gasteiger partial charge in [-0.15, -0.1) is 12.6 Å². The Balaban J connectivity index is 0.000000810. The average molecular weight is 206 g/mol. The molecule has 0 bridgehead atoms. The molecule has 0 aliphatic heterocycles. The Bertz CT molecular complexity index is 178. The van der Waals surface area contributed by atoms with Crippen molar-refractivity contribution >= 4 is 24.3 Å². The molecule has 0 atom stereocenters. The summed E-state index contributed by atoms with van der Waals surface area (Å²) in [5.41, 5.74) is 10.6. The van der Waals surface area contributed by atoms with Crippen LogP contribution in [0.5, 0.6) is 0 Å². The van der Waals surface area contributed by atoms with Crippen molar-refractivity contribution in [2.75, 3.05) is 11.5 Å². The number of hydrogen-bond acceptors (Lipinski definition) is 5. The number of hydrogen-bond donors (Lipinski definition) is 3. The van der Waals surface area contributed by atoms with E-state index in [-0.39, 0.29) is 17.1 Å². The maximum atomic E-state index is 5.28. The van der Waals surface area contributed by atoms with Crippen molar-refractivity contribution in [1.29, 1.82) is 0 Å². The fourth-order valence-electron chi connectivity index (χ4n) is 0.472. The van der Waals surface area contributed by atoms with Gasteiger partial charge in [-0.2, -0.15) is 0 Å². The predicted octanol–water partition coefficient (Wildman–Crippen LogP) is -0.0728. The molecule has 1 aromatic rings. The van der Waals surface area contributed by atoms with Crippen LogP contribution < -0.4 is 11.5 Å². The molecule has 0 saturated carbocycles. The van der Waals surface area contributed by atoms with Crippen LogP contribution in [-0.4, -0.2) is 9.97 Å². The first-order valence-corrected chi connectivity index (χ1v) is 2.72. The van der Waals surface area contributed by atoms with E-state index in [1.165, 1.54) is 6.07 Å².